The van der Waals surface area contributed by atoms with Gasteiger partial charge < -0.3 is 4.90 Å². The van der Waals surface area contributed by atoms with Crippen LogP contribution in [-0.2, 0) is 9.84 Å². The molecule has 2 aromatic rings. The third kappa shape index (κ3) is 3.70. The van der Waals surface area contributed by atoms with Gasteiger partial charge in [0.2, 0.25) is 0 Å². The maximum absolute atomic E-state index is 13.2. The van der Waals surface area contributed by atoms with Gasteiger partial charge in [-0.25, -0.2) is 8.42 Å². The second kappa shape index (κ2) is 6.77. The van der Waals surface area contributed by atoms with Gasteiger partial charge in [0.1, 0.15) is 0 Å². The number of carbonyl (C=O) groups excluding carboxylic acids is 1. The van der Waals surface area contributed by atoms with Crippen LogP contribution < -0.4 is 4.90 Å². The van der Waals surface area contributed by atoms with Gasteiger partial charge in [0.05, 0.1) is 17.4 Å². The number of anilines is 1. The van der Waals surface area contributed by atoms with Crippen molar-refractivity contribution in [2.45, 2.75) is 19.9 Å². The fourth-order valence-corrected chi connectivity index (χ4v) is 4.54. The Balaban J connectivity index is 2.09. The topological polar surface area (TPSA) is 54.5 Å². The molecule has 0 aromatic heterocycles. The smallest absolute Gasteiger partial charge is 0.260 e. The summed E-state index contributed by atoms with van der Waals surface area (Å²) in [5, 5.41) is 1.19. The summed E-state index contributed by atoms with van der Waals surface area (Å²) in [5.41, 5.74) is 3.35. The Morgan fingerprint density at radius 2 is 1.84 bits per heavy atom. The van der Waals surface area contributed by atoms with Gasteiger partial charge in [-0.1, -0.05) is 18.2 Å². The van der Waals surface area contributed by atoms with Crippen LogP contribution in [0.5, 0.6) is 0 Å². The largest absolute Gasteiger partial charge is 0.300 e. The Bertz CT molecular complexity index is 966. The second-order valence-electron chi connectivity index (χ2n) is 6.15. The molecule has 0 fully saturated rings. The van der Waals surface area contributed by atoms with Crippen molar-refractivity contribution >= 4 is 37.4 Å². The molecular formula is C19H18BrNO3S. The van der Waals surface area contributed by atoms with E-state index in [-0.39, 0.29) is 11.7 Å². The lowest BCUT2D eigenvalue weighted by Gasteiger charge is -2.28. The van der Waals surface area contributed by atoms with Gasteiger partial charge >= 0.3 is 0 Å². The number of halogens is 1. The van der Waals surface area contributed by atoms with E-state index < -0.39 is 15.9 Å². The minimum Gasteiger partial charge on any atom is -0.300 e. The number of aryl methyl sites for hydroxylation is 2. The number of hydrogen-bond donors (Lipinski definition) is 0. The van der Waals surface area contributed by atoms with Crippen LogP contribution in [-0.4, -0.2) is 26.1 Å². The lowest BCUT2D eigenvalue weighted by atomic mass is 10.1. The Hall–Kier alpha value is -1.92. The van der Waals surface area contributed by atoms with Crippen molar-refractivity contribution in [3.8, 4) is 0 Å². The first-order chi connectivity index (χ1) is 11.8. The number of nitrogens with zero attached hydrogens (tertiary/aromatic N) is 1. The van der Waals surface area contributed by atoms with Crippen LogP contribution in [0.4, 0.5) is 5.69 Å². The van der Waals surface area contributed by atoms with Gasteiger partial charge in [-0.3, -0.25) is 4.79 Å². The highest BCUT2D eigenvalue weighted by Gasteiger charge is 2.32. The van der Waals surface area contributed by atoms with Crippen molar-refractivity contribution in [3.63, 3.8) is 0 Å². The zero-order chi connectivity index (χ0) is 18.2. The van der Waals surface area contributed by atoms with Crippen molar-refractivity contribution in [1.82, 2.24) is 0 Å². The van der Waals surface area contributed by atoms with Crippen LogP contribution in [0.3, 0.4) is 0 Å². The Kier molecular flexibility index (Phi) is 4.84. The van der Waals surface area contributed by atoms with Crippen LogP contribution in [0.1, 0.15) is 21.5 Å². The summed E-state index contributed by atoms with van der Waals surface area (Å²) in [7, 11) is -3.28. The number of rotatable bonds is 3. The summed E-state index contributed by atoms with van der Waals surface area (Å²) in [6.07, 6.45) is 1.58. The van der Waals surface area contributed by atoms with Crippen LogP contribution >= 0.6 is 15.9 Å². The minimum atomic E-state index is -3.28. The number of amides is 1. The molecule has 1 aliphatic heterocycles. The third-order valence-corrected chi connectivity index (χ3v) is 6.40. The fourth-order valence-electron chi connectivity index (χ4n) is 2.82. The SMILES string of the molecule is Cc1ccc(N(C(=O)c2ccccc2Br)[C@@H]2C=CS(=O)(=O)C2)cc1C. The lowest BCUT2D eigenvalue weighted by molar-refractivity contribution is 0.0982. The van der Waals surface area contributed by atoms with E-state index in [1.54, 1.807) is 29.2 Å². The molecule has 130 valence electrons. The van der Waals surface area contributed by atoms with Crippen LogP contribution in [0.15, 0.2) is 58.4 Å². The number of sulfone groups is 1. The Morgan fingerprint density at radius 3 is 2.44 bits per heavy atom. The quantitative estimate of drug-likeness (QED) is 0.754. The molecular weight excluding hydrogens is 402 g/mol. The van der Waals surface area contributed by atoms with E-state index in [0.717, 1.165) is 11.1 Å². The highest BCUT2D eigenvalue weighted by Crippen LogP contribution is 2.28. The zero-order valence-electron chi connectivity index (χ0n) is 13.9. The van der Waals surface area contributed by atoms with Gasteiger partial charge in [0, 0.05) is 15.6 Å². The molecule has 0 aliphatic carbocycles. The van der Waals surface area contributed by atoms with E-state index in [4.69, 9.17) is 0 Å². The molecule has 0 unspecified atom stereocenters. The van der Waals surface area contributed by atoms with Crippen molar-refractivity contribution in [3.05, 3.63) is 75.1 Å². The standard InChI is InChI=1S/C19H18BrNO3S/c1-13-7-8-15(11-14(13)2)21(16-9-10-25(23,24)12-16)19(22)17-5-3-4-6-18(17)20/h3-11,16H,12H2,1-2H3/t16-/m1/s1. The summed E-state index contributed by atoms with van der Waals surface area (Å²) in [4.78, 5) is 14.8. The number of hydrogen-bond acceptors (Lipinski definition) is 3. The summed E-state index contributed by atoms with van der Waals surface area (Å²) in [6.45, 7) is 3.97. The third-order valence-electron chi connectivity index (χ3n) is 4.33. The average Bonchev–Trinajstić information content (AvgIpc) is 2.91. The summed E-state index contributed by atoms with van der Waals surface area (Å²) >= 11 is 3.41. The van der Waals surface area contributed by atoms with E-state index in [1.165, 1.54) is 5.41 Å². The number of benzene rings is 2. The molecule has 3 rings (SSSR count). The normalized spacial score (nSPS) is 18.3. The molecule has 1 heterocycles. The van der Waals surface area contributed by atoms with Gasteiger partial charge in [0.15, 0.2) is 9.84 Å². The minimum absolute atomic E-state index is 0.101. The molecule has 0 radical (unpaired) electrons. The van der Waals surface area contributed by atoms with E-state index >= 15 is 0 Å². The number of carbonyl (C=O) groups is 1. The van der Waals surface area contributed by atoms with Crippen molar-refractivity contribution in [1.29, 1.82) is 0 Å². The average molecular weight is 420 g/mol. The lowest BCUT2D eigenvalue weighted by Crippen LogP contribution is -2.41. The van der Waals surface area contributed by atoms with Gasteiger partial charge in [-0.2, -0.15) is 0 Å². The van der Waals surface area contributed by atoms with Crippen molar-refractivity contribution < 1.29 is 13.2 Å². The first-order valence-electron chi connectivity index (χ1n) is 7.85. The predicted octanol–water partition coefficient (Wildman–Crippen LogP) is 4.02. The highest BCUT2D eigenvalue weighted by atomic mass is 79.9. The molecule has 1 atom stereocenters. The predicted molar refractivity (Wildman–Crippen MR) is 104 cm³/mol. The molecule has 1 amide bonds. The summed E-state index contributed by atoms with van der Waals surface area (Å²) in [5.74, 6) is -0.335. The van der Waals surface area contributed by atoms with E-state index in [2.05, 4.69) is 15.9 Å². The molecule has 25 heavy (non-hydrogen) atoms. The van der Waals surface area contributed by atoms with E-state index in [1.807, 2.05) is 38.1 Å². The molecule has 1 aliphatic rings. The maximum Gasteiger partial charge on any atom is 0.260 e. The zero-order valence-corrected chi connectivity index (χ0v) is 16.3. The van der Waals surface area contributed by atoms with E-state index in [0.29, 0.717) is 15.7 Å². The monoisotopic (exact) mass is 419 g/mol. The van der Waals surface area contributed by atoms with Gasteiger partial charge in [0.25, 0.3) is 5.91 Å². The molecule has 6 heteroatoms. The maximum atomic E-state index is 13.2. The highest BCUT2D eigenvalue weighted by molar-refractivity contribution is 9.10. The molecule has 0 N–H and O–H groups in total. The van der Waals surface area contributed by atoms with Crippen molar-refractivity contribution in [2.24, 2.45) is 0 Å². The van der Waals surface area contributed by atoms with Crippen LogP contribution in [0, 0.1) is 13.8 Å². The molecule has 0 saturated carbocycles. The molecule has 4 nitrogen and oxygen atoms in total. The summed E-state index contributed by atoms with van der Waals surface area (Å²) < 4.78 is 24.5. The van der Waals surface area contributed by atoms with Crippen LogP contribution in [0.2, 0.25) is 0 Å². The van der Waals surface area contributed by atoms with Gasteiger partial charge in [-0.05, 0) is 71.2 Å². The molecule has 0 spiro atoms. The van der Waals surface area contributed by atoms with Crippen LogP contribution in [0.25, 0.3) is 0 Å². The van der Waals surface area contributed by atoms with Gasteiger partial charge in [-0.15, -0.1) is 0 Å². The molecule has 2 aromatic carbocycles. The summed E-state index contributed by atoms with van der Waals surface area (Å²) in [6, 6.07) is 12.3. The fraction of sp³-hybridized carbons (Fsp3) is 0.211. The first kappa shape index (κ1) is 17.9. The second-order valence-corrected chi connectivity index (χ2v) is 8.93. The Labute approximate surface area is 156 Å². The Morgan fingerprint density at radius 1 is 1.12 bits per heavy atom. The first-order valence-corrected chi connectivity index (χ1v) is 10.4. The molecule has 0 bridgehead atoms. The molecule has 0 saturated heterocycles. The van der Waals surface area contributed by atoms with Crippen molar-refractivity contribution in [2.75, 3.05) is 10.7 Å². The van der Waals surface area contributed by atoms with E-state index in [9.17, 15) is 13.2 Å².